The molecule has 1 heterocycles. The third-order valence-corrected chi connectivity index (χ3v) is 4.65. The summed E-state index contributed by atoms with van der Waals surface area (Å²) < 4.78 is 5.13. The maximum atomic E-state index is 13.2. The Morgan fingerprint density at radius 3 is 2.32 bits per heavy atom. The van der Waals surface area contributed by atoms with E-state index in [0.29, 0.717) is 0 Å². The number of carbonyl (C=O) groups is 2. The molecule has 11 nitrogen and oxygen atoms in total. The van der Waals surface area contributed by atoms with Crippen molar-refractivity contribution in [2.75, 3.05) is 16.8 Å². The number of anilines is 2. The van der Waals surface area contributed by atoms with Crippen LogP contribution in [-0.4, -0.2) is 33.9 Å². The molecule has 2 aromatic carbocycles. The quantitative estimate of drug-likeness (QED) is 0.404. The molecule has 0 aliphatic carbocycles. The number of nitrogens with one attached hydrogen (secondary N) is 1. The van der Waals surface area contributed by atoms with Gasteiger partial charge in [0.1, 0.15) is 5.70 Å². The van der Waals surface area contributed by atoms with Crippen LogP contribution >= 0.6 is 0 Å². The van der Waals surface area contributed by atoms with Gasteiger partial charge in [-0.3, -0.25) is 29.9 Å². The van der Waals surface area contributed by atoms with Gasteiger partial charge in [0.15, 0.2) is 5.54 Å². The summed E-state index contributed by atoms with van der Waals surface area (Å²) in [7, 11) is 0. The number of ether oxygens (including phenoxy) is 1. The van der Waals surface area contributed by atoms with Crippen molar-refractivity contribution in [2.24, 2.45) is 0 Å². The Morgan fingerprint density at radius 1 is 1.10 bits per heavy atom. The molecule has 0 radical (unpaired) electrons. The number of nitrogens with zero attached hydrogens (tertiary/aromatic N) is 3. The van der Waals surface area contributed by atoms with Crippen molar-refractivity contribution >= 4 is 34.6 Å². The Hall–Kier alpha value is -4.28. The third kappa shape index (κ3) is 4.06. The van der Waals surface area contributed by atoms with Gasteiger partial charge in [-0.25, -0.2) is 4.79 Å². The van der Waals surface area contributed by atoms with Crippen molar-refractivity contribution in [1.29, 1.82) is 0 Å². The molecule has 1 N–H and O–H groups in total. The van der Waals surface area contributed by atoms with Crippen LogP contribution in [-0.2, 0) is 14.3 Å². The predicted molar refractivity (Wildman–Crippen MR) is 110 cm³/mol. The second kappa shape index (κ2) is 8.22. The van der Waals surface area contributed by atoms with Gasteiger partial charge in [0.2, 0.25) is 0 Å². The number of benzene rings is 2. The molecule has 11 heteroatoms. The number of hydrogen-bond donors (Lipinski definition) is 1. The van der Waals surface area contributed by atoms with Crippen LogP contribution in [0.4, 0.5) is 22.7 Å². The molecule has 160 valence electrons. The number of nitro groups is 2. The summed E-state index contributed by atoms with van der Waals surface area (Å²) in [5.74, 6) is -1.38. The van der Waals surface area contributed by atoms with Gasteiger partial charge in [0, 0.05) is 30.0 Å². The summed E-state index contributed by atoms with van der Waals surface area (Å²) in [6.45, 7) is 3.12. The lowest BCUT2D eigenvalue weighted by atomic mass is 10.0. The van der Waals surface area contributed by atoms with Gasteiger partial charge in [-0.05, 0) is 32.1 Å². The zero-order valence-corrected chi connectivity index (χ0v) is 16.6. The third-order valence-electron chi connectivity index (χ3n) is 4.65. The molecular weight excluding hydrogens is 408 g/mol. The fourth-order valence-electron chi connectivity index (χ4n) is 3.24. The average molecular weight is 426 g/mol. The Bertz CT molecular complexity index is 1110. The van der Waals surface area contributed by atoms with Gasteiger partial charge in [0.05, 0.1) is 22.1 Å². The van der Waals surface area contributed by atoms with E-state index in [2.05, 4.69) is 5.32 Å². The molecule has 0 saturated heterocycles. The zero-order valence-electron chi connectivity index (χ0n) is 16.6. The molecule has 1 unspecified atom stereocenters. The minimum absolute atomic E-state index is 0.0254. The highest BCUT2D eigenvalue weighted by Crippen LogP contribution is 2.36. The van der Waals surface area contributed by atoms with E-state index in [1.165, 1.54) is 61.5 Å². The van der Waals surface area contributed by atoms with Gasteiger partial charge in [-0.15, -0.1) is 0 Å². The Morgan fingerprint density at radius 2 is 1.71 bits per heavy atom. The second-order valence-corrected chi connectivity index (χ2v) is 6.78. The SMILES string of the molecule is CCOC(=O)C1(C)C=C(Nc2cccc([N+](=O)[O-])c2)C(=O)N1c1cccc([N+](=O)[O-])c1. The highest BCUT2D eigenvalue weighted by atomic mass is 16.6. The second-order valence-electron chi connectivity index (χ2n) is 6.78. The highest BCUT2D eigenvalue weighted by Gasteiger charge is 2.49. The number of rotatable bonds is 7. The Kier molecular flexibility index (Phi) is 5.68. The first kappa shape index (κ1) is 21.4. The van der Waals surface area contributed by atoms with Gasteiger partial charge in [0.25, 0.3) is 17.3 Å². The fourth-order valence-corrected chi connectivity index (χ4v) is 3.24. The Balaban J connectivity index is 2.04. The summed E-state index contributed by atoms with van der Waals surface area (Å²) in [6.07, 6.45) is 1.34. The lowest BCUT2D eigenvalue weighted by Crippen LogP contribution is -2.51. The van der Waals surface area contributed by atoms with Crippen LogP contribution in [0.2, 0.25) is 0 Å². The van der Waals surface area contributed by atoms with Crippen molar-refractivity contribution in [2.45, 2.75) is 19.4 Å². The molecule has 31 heavy (non-hydrogen) atoms. The largest absolute Gasteiger partial charge is 0.464 e. The van der Waals surface area contributed by atoms with Crippen molar-refractivity contribution in [3.05, 3.63) is 80.5 Å². The van der Waals surface area contributed by atoms with Crippen LogP contribution in [0, 0.1) is 20.2 Å². The first-order valence-electron chi connectivity index (χ1n) is 9.18. The molecule has 1 aliphatic rings. The van der Waals surface area contributed by atoms with Crippen molar-refractivity contribution in [3.8, 4) is 0 Å². The first-order valence-corrected chi connectivity index (χ1v) is 9.18. The molecular formula is C20H18N4O7. The van der Waals surface area contributed by atoms with Gasteiger partial charge >= 0.3 is 5.97 Å². The fraction of sp³-hybridized carbons (Fsp3) is 0.200. The van der Waals surface area contributed by atoms with Crippen molar-refractivity contribution in [1.82, 2.24) is 0 Å². The van der Waals surface area contributed by atoms with Gasteiger partial charge in [-0.2, -0.15) is 0 Å². The monoisotopic (exact) mass is 426 g/mol. The van der Waals surface area contributed by atoms with E-state index in [0.717, 1.165) is 4.90 Å². The van der Waals surface area contributed by atoms with Crippen LogP contribution in [0.1, 0.15) is 13.8 Å². The van der Waals surface area contributed by atoms with Crippen LogP contribution in [0.3, 0.4) is 0 Å². The van der Waals surface area contributed by atoms with E-state index < -0.39 is 27.3 Å². The molecule has 0 fully saturated rings. The van der Waals surface area contributed by atoms with Crippen LogP contribution in [0.5, 0.6) is 0 Å². The molecule has 0 saturated carbocycles. The van der Waals surface area contributed by atoms with E-state index in [1.807, 2.05) is 0 Å². The predicted octanol–water partition coefficient (Wildman–Crippen LogP) is 3.17. The average Bonchev–Trinajstić information content (AvgIpc) is 2.99. The molecule has 0 bridgehead atoms. The first-order chi connectivity index (χ1) is 14.7. The lowest BCUT2D eigenvalue weighted by Gasteiger charge is -2.32. The molecule has 1 amide bonds. The minimum atomic E-state index is -1.59. The van der Waals surface area contributed by atoms with E-state index >= 15 is 0 Å². The Labute approximate surface area is 176 Å². The number of hydrogen-bond acceptors (Lipinski definition) is 8. The molecule has 2 aromatic rings. The molecule has 0 aromatic heterocycles. The smallest absolute Gasteiger partial charge is 0.336 e. The maximum Gasteiger partial charge on any atom is 0.336 e. The summed E-state index contributed by atoms with van der Waals surface area (Å²) in [4.78, 5) is 48.1. The number of carbonyl (C=O) groups excluding carboxylic acids is 2. The number of esters is 1. The van der Waals surface area contributed by atoms with Crippen molar-refractivity contribution < 1.29 is 24.2 Å². The van der Waals surface area contributed by atoms with Crippen molar-refractivity contribution in [3.63, 3.8) is 0 Å². The van der Waals surface area contributed by atoms with E-state index in [9.17, 15) is 29.8 Å². The van der Waals surface area contributed by atoms with Crippen LogP contribution in [0.15, 0.2) is 60.3 Å². The lowest BCUT2D eigenvalue weighted by molar-refractivity contribution is -0.385. The topological polar surface area (TPSA) is 145 Å². The highest BCUT2D eigenvalue weighted by molar-refractivity contribution is 6.16. The summed E-state index contributed by atoms with van der Waals surface area (Å²) in [5, 5.41) is 25.0. The number of non-ortho nitro benzene ring substituents is 2. The minimum Gasteiger partial charge on any atom is -0.464 e. The summed E-state index contributed by atoms with van der Waals surface area (Å²) >= 11 is 0. The van der Waals surface area contributed by atoms with Gasteiger partial charge in [-0.1, -0.05) is 12.1 Å². The van der Waals surface area contributed by atoms with E-state index in [4.69, 9.17) is 4.74 Å². The number of nitro benzene ring substituents is 2. The summed E-state index contributed by atoms with van der Waals surface area (Å²) in [5.41, 5.74) is -1.66. The maximum absolute atomic E-state index is 13.2. The van der Waals surface area contributed by atoms with Crippen LogP contribution in [0.25, 0.3) is 0 Å². The molecule has 0 spiro atoms. The molecule has 3 rings (SSSR count). The molecule has 1 atom stereocenters. The summed E-state index contributed by atoms with van der Waals surface area (Å²) in [6, 6.07) is 10.8. The van der Waals surface area contributed by atoms with Gasteiger partial charge < -0.3 is 10.1 Å². The zero-order chi connectivity index (χ0) is 22.8. The van der Waals surface area contributed by atoms with E-state index in [-0.39, 0.29) is 35.1 Å². The van der Waals surface area contributed by atoms with Crippen LogP contribution < -0.4 is 10.2 Å². The molecule has 1 aliphatic heterocycles. The normalized spacial score (nSPS) is 17.8. The van der Waals surface area contributed by atoms with E-state index in [1.54, 1.807) is 6.92 Å². The number of amides is 1. The standard InChI is InChI=1S/C20H18N4O7/c1-3-31-19(26)20(2)12-17(21-13-6-4-8-15(10-13)23(27)28)18(25)22(20)14-7-5-9-16(11-14)24(29)30/h4-12,21H,3H2,1-2H3.